The van der Waals surface area contributed by atoms with Crippen molar-refractivity contribution in [3.63, 3.8) is 0 Å². The lowest BCUT2D eigenvalue weighted by Gasteiger charge is -2.18. The predicted molar refractivity (Wildman–Crippen MR) is 106 cm³/mol. The Labute approximate surface area is 168 Å². The first kappa shape index (κ1) is 21.2. The highest BCUT2D eigenvalue weighted by Crippen LogP contribution is 2.25. The third-order valence-electron chi connectivity index (χ3n) is 4.07. The molecule has 0 unspecified atom stereocenters. The first-order valence-corrected chi connectivity index (χ1v) is 9.02. The summed E-state index contributed by atoms with van der Waals surface area (Å²) in [5, 5.41) is 5.54. The highest BCUT2D eigenvalue weighted by atomic mass is 35.5. The second-order valence-electron chi connectivity index (χ2n) is 6.15. The zero-order chi connectivity index (χ0) is 20.5. The van der Waals surface area contributed by atoms with Crippen molar-refractivity contribution in [1.82, 2.24) is 10.6 Å². The van der Waals surface area contributed by atoms with Gasteiger partial charge in [0, 0.05) is 11.6 Å². The smallest absolute Gasteiger partial charge is 0.312 e. The third-order valence-corrected chi connectivity index (χ3v) is 4.41. The van der Waals surface area contributed by atoms with Gasteiger partial charge in [-0.15, -0.1) is 0 Å². The average Bonchev–Trinajstić information content (AvgIpc) is 2.65. The molecule has 0 aliphatic rings. The highest BCUT2D eigenvalue weighted by molar-refractivity contribution is 6.31. The second-order valence-corrected chi connectivity index (χ2v) is 6.56. The van der Waals surface area contributed by atoms with Gasteiger partial charge in [0.15, 0.2) is 6.61 Å². The van der Waals surface area contributed by atoms with Gasteiger partial charge >= 0.3 is 12.0 Å². The van der Waals surface area contributed by atoms with Crippen LogP contribution >= 0.6 is 11.6 Å². The Bertz CT molecular complexity index is 857. The van der Waals surface area contributed by atoms with E-state index in [0.29, 0.717) is 17.1 Å². The fourth-order valence-corrected chi connectivity index (χ4v) is 2.86. The number of esters is 1. The van der Waals surface area contributed by atoms with E-state index in [9.17, 15) is 14.4 Å². The van der Waals surface area contributed by atoms with Crippen LogP contribution in [0.15, 0.2) is 48.5 Å². The molecular formula is C20H22ClN3O4. The number of ether oxygens (including phenoxy) is 1. The molecule has 0 radical (unpaired) electrons. The lowest BCUT2D eigenvalue weighted by atomic mass is 10.0. The lowest BCUT2D eigenvalue weighted by molar-refractivity contribution is -0.149. The molecule has 0 aliphatic heterocycles. The number of hydrogen-bond acceptors (Lipinski definition) is 4. The number of primary amides is 1. The van der Waals surface area contributed by atoms with E-state index in [0.717, 1.165) is 11.1 Å². The molecule has 28 heavy (non-hydrogen) atoms. The van der Waals surface area contributed by atoms with Gasteiger partial charge in [-0.25, -0.2) is 4.79 Å². The molecule has 0 aliphatic carbocycles. The molecule has 0 fully saturated rings. The zero-order valence-corrected chi connectivity index (χ0v) is 16.2. The topological polar surface area (TPSA) is 111 Å². The minimum atomic E-state index is -0.798. The molecule has 0 saturated carbocycles. The van der Waals surface area contributed by atoms with E-state index in [1.807, 2.05) is 31.2 Å². The molecule has 0 spiro atoms. The van der Waals surface area contributed by atoms with Crippen LogP contribution < -0.4 is 16.4 Å². The van der Waals surface area contributed by atoms with E-state index < -0.39 is 30.6 Å². The van der Waals surface area contributed by atoms with Crippen LogP contribution in [-0.4, -0.2) is 24.5 Å². The summed E-state index contributed by atoms with van der Waals surface area (Å²) in [6, 6.07) is 12.9. The number of nitrogens with two attached hydrogens (primary N) is 1. The number of amides is 3. The van der Waals surface area contributed by atoms with Gasteiger partial charge in [-0.3, -0.25) is 9.59 Å². The Morgan fingerprint density at radius 2 is 1.79 bits per heavy atom. The van der Waals surface area contributed by atoms with E-state index in [2.05, 4.69) is 10.6 Å². The van der Waals surface area contributed by atoms with E-state index in [-0.39, 0.29) is 6.42 Å². The van der Waals surface area contributed by atoms with Crippen LogP contribution in [0.5, 0.6) is 0 Å². The molecule has 7 nitrogen and oxygen atoms in total. The molecule has 0 heterocycles. The molecule has 2 rings (SSSR count). The summed E-state index contributed by atoms with van der Waals surface area (Å²) in [6.45, 7) is 1.87. The number of halogens is 1. The second kappa shape index (κ2) is 10.3. The number of aryl methyl sites for hydroxylation is 1. The highest BCUT2D eigenvalue weighted by Gasteiger charge is 2.21. The first-order valence-electron chi connectivity index (χ1n) is 8.64. The molecule has 0 bridgehead atoms. The fraction of sp³-hybridized carbons (Fsp3) is 0.250. The van der Waals surface area contributed by atoms with Crippen LogP contribution in [0, 0.1) is 6.92 Å². The molecule has 1 atom stereocenters. The molecule has 2 aromatic rings. The molecule has 0 aromatic heterocycles. The SMILES string of the molecule is Cc1ccccc1CNC(=O)COC(=O)C[C@@H](NC(N)=O)c1ccccc1Cl. The van der Waals surface area contributed by atoms with Gasteiger partial charge in [-0.2, -0.15) is 0 Å². The maximum absolute atomic E-state index is 12.1. The Morgan fingerprint density at radius 1 is 1.11 bits per heavy atom. The Kier molecular flexibility index (Phi) is 7.83. The van der Waals surface area contributed by atoms with Crippen molar-refractivity contribution in [2.45, 2.75) is 25.9 Å². The number of carbonyl (C=O) groups excluding carboxylic acids is 3. The van der Waals surface area contributed by atoms with Gasteiger partial charge in [0.1, 0.15) is 0 Å². The summed E-state index contributed by atoms with van der Waals surface area (Å²) in [5.41, 5.74) is 7.74. The number of hydrogen-bond donors (Lipinski definition) is 3. The normalized spacial score (nSPS) is 11.4. The van der Waals surface area contributed by atoms with Crippen LogP contribution in [0.3, 0.4) is 0 Å². The molecule has 148 valence electrons. The molecule has 8 heteroatoms. The summed E-state index contributed by atoms with van der Waals surface area (Å²) in [5.74, 6) is -1.08. The largest absolute Gasteiger partial charge is 0.456 e. The Balaban J connectivity index is 1.87. The van der Waals surface area contributed by atoms with Crippen molar-refractivity contribution in [2.75, 3.05) is 6.61 Å². The van der Waals surface area contributed by atoms with Gasteiger partial charge in [-0.05, 0) is 29.7 Å². The third kappa shape index (κ3) is 6.59. The van der Waals surface area contributed by atoms with E-state index in [4.69, 9.17) is 22.1 Å². The summed E-state index contributed by atoms with van der Waals surface area (Å²) in [6.07, 6.45) is -0.211. The minimum Gasteiger partial charge on any atom is -0.456 e. The first-order chi connectivity index (χ1) is 13.4. The molecular weight excluding hydrogens is 382 g/mol. The van der Waals surface area contributed by atoms with Crippen LogP contribution in [-0.2, 0) is 20.9 Å². The summed E-state index contributed by atoms with van der Waals surface area (Å²) in [4.78, 5) is 35.3. The van der Waals surface area contributed by atoms with Crippen molar-refractivity contribution in [2.24, 2.45) is 5.73 Å². The number of urea groups is 1. The molecule has 2 aromatic carbocycles. The van der Waals surface area contributed by atoms with E-state index in [1.165, 1.54) is 0 Å². The van der Waals surface area contributed by atoms with Gasteiger partial charge in [0.25, 0.3) is 5.91 Å². The number of carbonyl (C=O) groups is 3. The van der Waals surface area contributed by atoms with Gasteiger partial charge < -0.3 is 21.1 Å². The fourth-order valence-electron chi connectivity index (χ4n) is 2.59. The zero-order valence-electron chi connectivity index (χ0n) is 15.4. The van der Waals surface area contributed by atoms with Gasteiger partial charge in [0.05, 0.1) is 12.5 Å². The van der Waals surface area contributed by atoms with E-state index >= 15 is 0 Å². The Morgan fingerprint density at radius 3 is 2.46 bits per heavy atom. The number of benzene rings is 2. The van der Waals surface area contributed by atoms with Crippen LogP contribution in [0.2, 0.25) is 5.02 Å². The minimum absolute atomic E-state index is 0.211. The van der Waals surface area contributed by atoms with Crippen molar-refractivity contribution in [1.29, 1.82) is 0 Å². The maximum Gasteiger partial charge on any atom is 0.312 e. The maximum atomic E-state index is 12.1. The lowest BCUT2D eigenvalue weighted by Crippen LogP contribution is -2.35. The van der Waals surface area contributed by atoms with Crippen LogP contribution in [0.1, 0.15) is 29.2 Å². The summed E-state index contributed by atoms with van der Waals surface area (Å²) < 4.78 is 5.01. The predicted octanol–water partition coefficient (Wildman–Crippen LogP) is 2.61. The average molecular weight is 404 g/mol. The van der Waals surface area contributed by atoms with Crippen LogP contribution in [0.25, 0.3) is 0 Å². The van der Waals surface area contributed by atoms with Gasteiger partial charge in [0.2, 0.25) is 0 Å². The van der Waals surface area contributed by atoms with E-state index in [1.54, 1.807) is 24.3 Å². The van der Waals surface area contributed by atoms with Gasteiger partial charge in [-0.1, -0.05) is 54.1 Å². The monoisotopic (exact) mass is 403 g/mol. The number of nitrogens with one attached hydrogen (secondary N) is 2. The molecule has 4 N–H and O–H groups in total. The van der Waals surface area contributed by atoms with Crippen LogP contribution in [0.4, 0.5) is 4.79 Å². The van der Waals surface area contributed by atoms with Crippen molar-refractivity contribution < 1.29 is 19.1 Å². The Hall–Kier alpha value is -3.06. The van der Waals surface area contributed by atoms with Crippen molar-refractivity contribution in [3.05, 3.63) is 70.2 Å². The summed E-state index contributed by atoms with van der Waals surface area (Å²) in [7, 11) is 0. The molecule has 0 saturated heterocycles. The van der Waals surface area contributed by atoms with Crippen molar-refractivity contribution in [3.8, 4) is 0 Å². The number of rotatable bonds is 8. The standard InChI is InChI=1S/C20H22ClN3O4/c1-13-6-2-3-7-14(13)11-23-18(25)12-28-19(26)10-17(24-20(22)27)15-8-4-5-9-16(15)21/h2-9,17H,10-12H2,1H3,(H,23,25)(H3,22,24,27)/t17-/m1/s1. The molecule has 3 amide bonds. The van der Waals surface area contributed by atoms with Crippen molar-refractivity contribution >= 4 is 29.5 Å². The summed E-state index contributed by atoms with van der Waals surface area (Å²) >= 11 is 6.12. The quantitative estimate of drug-likeness (QED) is 0.588.